The molecule has 8 heteroatoms. The van der Waals surface area contributed by atoms with Crippen molar-refractivity contribution in [1.82, 2.24) is 0 Å². The fourth-order valence-corrected chi connectivity index (χ4v) is 1.03. The van der Waals surface area contributed by atoms with Crippen LogP contribution in [-0.2, 0) is 23.2 Å². The van der Waals surface area contributed by atoms with Crippen molar-refractivity contribution in [2.24, 2.45) is 0 Å². The maximum absolute atomic E-state index is 10.5. The molecule has 0 heterocycles. The molecule has 0 aromatic carbocycles. The van der Waals surface area contributed by atoms with Crippen molar-refractivity contribution in [2.75, 3.05) is 0 Å². The molecule has 0 spiro atoms. The predicted octanol–water partition coefficient (Wildman–Crippen LogP) is 0.0572. The summed E-state index contributed by atoms with van der Waals surface area (Å²) in [5.74, 6) is -1.98. The average Bonchev–Trinajstić information content (AvgIpc) is 1.53. The van der Waals surface area contributed by atoms with Crippen LogP contribution < -0.4 is 0 Å². The fourth-order valence-electron chi connectivity index (χ4n) is 0.344. The van der Waals surface area contributed by atoms with Gasteiger partial charge in [-0.2, -0.15) is 0 Å². The zero-order chi connectivity index (χ0) is 9.07. The van der Waals surface area contributed by atoms with Crippen molar-refractivity contribution < 1.29 is 30.9 Å². The van der Waals surface area contributed by atoms with Gasteiger partial charge in [-0.1, -0.05) is 0 Å². The number of carbonyl (C=O) groups excluding carboxylic acids is 2. The van der Waals surface area contributed by atoms with Crippen LogP contribution in [0.25, 0.3) is 0 Å². The van der Waals surface area contributed by atoms with E-state index in [2.05, 4.69) is 9.05 Å². The summed E-state index contributed by atoms with van der Waals surface area (Å²) < 4.78 is 18.1. The first-order valence-electron chi connectivity index (χ1n) is 2.56. The van der Waals surface area contributed by atoms with E-state index in [4.69, 9.17) is 4.89 Å². The molecule has 0 radical (unpaired) electrons. The van der Waals surface area contributed by atoms with Gasteiger partial charge in [0.1, 0.15) is 0 Å². The van der Waals surface area contributed by atoms with Gasteiger partial charge >= 0.3 is 42.8 Å². The first kappa shape index (κ1) is 14.4. The van der Waals surface area contributed by atoms with Crippen LogP contribution >= 0.6 is 7.82 Å². The number of rotatable bonds is 2. The Morgan fingerprint density at radius 3 is 1.67 bits per heavy atom. The van der Waals surface area contributed by atoms with Crippen molar-refractivity contribution in [3.8, 4) is 0 Å². The summed E-state index contributed by atoms with van der Waals surface area (Å²) in [5, 5.41) is 0. The molecule has 0 atom stereocenters. The van der Waals surface area contributed by atoms with Crippen LogP contribution in [0.5, 0.6) is 0 Å². The topological polar surface area (TPSA) is 89.9 Å². The average molecular weight is 208 g/mol. The Kier molecular flexibility index (Phi) is 6.64. The van der Waals surface area contributed by atoms with E-state index in [0.29, 0.717) is 0 Å². The first-order chi connectivity index (χ1) is 4.83. The molecule has 6 nitrogen and oxygen atoms in total. The summed E-state index contributed by atoms with van der Waals surface area (Å²) in [7, 11) is -4.50. The fraction of sp³-hybridized carbons (Fsp3) is 0.500. The molecule has 0 saturated heterocycles. The van der Waals surface area contributed by atoms with Crippen LogP contribution in [-0.4, -0.2) is 39.9 Å². The van der Waals surface area contributed by atoms with Crippen molar-refractivity contribution in [3.63, 3.8) is 0 Å². The second kappa shape index (κ2) is 5.53. The van der Waals surface area contributed by atoms with E-state index in [1.807, 2.05) is 0 Å². The first-order valence-corrected chi connectivity index (χ1v) is 4.06. The maximum atomic E-state index is 10.5. The second-order valence-electron chi connectivity index (χ2n) is 1.63. The third-order valence-corrected chi connectivity index (χ3v) is 1.46. The van der Waals surface area contributed by atoms with Gasteiger partial charge in [0.05, 0.1) is 0 Å². The van der Waals surface area contributed by atoms with E-state index in [-0.39, 0.29) is 25.9 Å². The van der Waals surface area contributed by atoms with Gasteiger partial charge < -0.3 is 11.9 Å². The van der Waals surface area contributed by atoms with Gasteiger partial charge in [0.15, 0.2) is 0 Å². The Morgan fingerprint density at radius 1 is 1.25 bits per heavy atom. The van der Waals surface area contributed by atoms with E-state index in [1.165, 1.54) is 0 Å². The number of phosphoric acid groups is 1. The van der Waals surface area contributed by atoms with Gasteiger partial charge in [-0.25, -0.2) is 4.57 Å². The molecular formula is C4H9MgO6P. The molecule has 1 N–H and O–H groups in total. The minimum atomic E-state index is -4.50. The summed E-state index contributed by atoms with van der Waals surface area (Å²) in [6.07, 6.45) is 0. The molecule has 0 fully saturated rings. The number of hydrogen-bond acceptors (Lipinski definition) is 5. The zero-order valence-electron chi connectivity index (χ0n) is 8.64. The Bertz CT molecular complexity index is 214. The third kappa shape index (κ3) is 8.00. The van der Waals surface area contributed by atoms with E-state index in [9.17, 15) is 14.2 Å². The standard InChI is InChI=1S/C4H7O6P.Mg.2H/c1-3(5)9-11(7,8)10-4(2)6;;;/h1-2H3,(H,7,8);;;/q;+2;2*-1. The smallest absolute Gasteiger partial charge is 1.00 e. The molecular weight excluding hydrogens is 199 g/mol. The van der Waals surface area contributed by atoms with Crippen LogP contribution in [0.4, 0.5) is 0 Å². The van der Waals surface area contributed by atoms with Gasteiger partial charge in [0, 0.05) is 13.8 Å². The van der Waals surface area contributed by atoms with Crippen LogP contribution in [0.15, 0.2) is 0 Å². The number of hydrogen-bond donors (Lipinski definition) is 1. The molecule has 0 aromatic heterocycles. The number of phosphoric ester groups is 1. The summed E-state index contributed by atoms with van der Waals surface area (Å²) in [6.45, 7) is 1.85. The van der Waals surface area contributed by atoms with Crippen LogP contribution in [0.3, 0.4) is 0 Å². The van der Waals surface area contributed by atoms with E-state index in [0.717, 1.165) is 13.8 Å². The van der Waals surface area contributed by atoms with Crippen molar-refractivity contribution >= 4 is 42.8 Å². The van der Waals surface area contributed by atoms with E-state index < -0.39 is 19.8 Å². The number of carbonyl (C=O) groups is 2. The molecule has 0 aliphatic heterocycles. The molecule has 0 unspecified atom stereocenters. The van der Waals surface area contributed by atoms with Gasteiger partial charge in [0.2, 0.25) is 0 Å². The molecule has 0 aliphatic carbocycles. The molecule has 0 amide bonds. The quantitative estimate of drug-likeness (QED) is 0.510. The second-order valence-corrected chi connectivity index (χ2v) is 2.94. The summed E-state index contributed by atoms with van der Waals surface area (Å²) >= 11 is 0. The normalized spacial score (nSPS) is 9.58. The summed E-state index contributed by atoms with van der Waals surface area (Å²) in [4.78, 5) is 28.7. The molecule has 0 saturated carbocycles. The van der Waals surface area contributed by atoms with E-state index in [1.54, 1.807) is 0 Å². The van der Waals surface area contributed by atoms with Gasteiger partial charge in [-0.15, -0.1) is 0 Å². The molecule has 0 bridgehead atoms. The van der Waals surface area contributed by atoms with Crippen LogP contribution in [0.2, 0.25) is 0 Å². The van der Waals surface area contributed by atoms with Crippen molar-refractivity contribution in [1.29, 1.82) is 0 Å². The van der Waals surface area contributed by atoms with E-state index >= 15 is 0 Å². The molecule has 0 aliphatic rings. The summed E-state index contributed by atoms with van der Waals surface area (Å²) in [6, 6.07) is 0. The van der Waals surface area contributed by atoms with Gasteiger partial charge in [-0.3, -0.25) is 14.5 Å². The molecule has 0 rings (SSSR count). The molecule has 12 heavy (non-hydrogen) atoms. The predicted molar refractivity (Wildman–Crippen MR) is 41.3 cm³/mol. The Labute approximate surface area is 88.0 Å². The van der Waals surface area contributed by atoms with Crippen molar-refractivity contribution in [2.45, 2.75) is 13.8 Å². The Balaban J connectivity index is -0.000000167. The van der Waals surface area contributed by atoms with Gasteiger partial charge in [0.25, 0.3) is 0 Å². The minimum Gasteiger partial charge on any atom is -1.00 e. The minimum absolute atomic E-state index is 0. The largest absolute Gasteiger partial charge is 2.00 e. The van der Waals surface area contributed by atoms with Gasteiger partial charge in [-0.05, 0) is 0 Å². The monoisotopic (exact) mass is 208 g/mol. The Morgan fingerprint density at radius 2 is 1.50 bits per heavy atom. The SMILES string of the molecule is CC(=O)OP(=O)(O)OC(C)=O.[H-].[H-].[Mg+2]. The van der Waals surface area contributed by atoms with Crippen LogP contribution in [0.1, 0.15) is 16.7 Å². The zero-order valence-corrected chi connectivity index (χ0v) is 8.95. The third-order valence-electron chi connectivity index (χ3n) is 0.488. The molecule has 68 valence electrons. The Hall–Kier alpha value is -0.104. The van der Waals surface area contributed by atoms with Crippen LogP contribution in [0, 0.1) is 0 Å². The summed E-state index contributed by atoms with van der Waals surface area (Å²) in [5.41, 5.74) is 0. The van der Waals surface area contributed by atoms with Crippen molar-refractivity contribution in [3.05, 3.63) is 0 Å². The molecule has 0 aromatic rings. The maximum Gasteiger partial charge on any atom is 2.00 e.